The average Bonchev–Trinajstić information content (AvgIpc) is 3.35. The van der Waals surface area contributed by atoms with Crippen molar-refractivity contribution in [2.45, 2.75) is 31.1 Å². The van der Waals surface area contributed by atoms with Gasteiger partial charge in [0.25, 0.3) is 5.91 Å². The van der Waals surface area contributed by atoms with Crippen LogP contribution in [0, 0.1) is 13.8 Å². The van der Waals surface area contributed by atoms with Crippen molar-refractivity contribution >= 4 is 15.9 Å². The van der Waals surface area contributed by atoms with Crippen LogP contribution in [-0.4, -0.2) is 73.1 Å². The van der Waals surface area contributed by atoms with E-state index in [2.05, 4.69) is 10.1 Å². The molecule has 4 rings (SSSR count). The highest BCUT2D eigenvalue weighted by Gasteiger charge is 2.38. The lowest BCUT2D eigenvalue weighted by atomic mass is 9.98. The van der Waals surface area contributed by atoms with Crippen LogP contribution in [0.15, 0.2) is 27.7 Å². The van der Waals surface area contributed by atoms with E-state index in [1.165, 1.54) is 4.31 Å². The molecule has 0 aliphatic carbocycles. The van der Waals surface area contributed by atoms with Gasteiger partial charge in [-0.3, -0.25) is 9.78 Å². The summed E-state index contributed by atoms with van der Waals surface area (Å²) in [5, 5.41) is 3.77. The highest BCUT2D eigenvalue weighted by atomic mass is 32.2. The number of nitrogens with zero attached hydrogens (tertiary/aromatic N) is 4. The molecule has 2 aliphatic heterocycles. The van der Waals surface area contributed by atoms with Crippen LogP contribution in [-0.2, 0) is 14.8 Å². The van der Waals surface area contributed by atoms with Gasteiger partial charge in [0, 0.05) is 38.3 Å². The van der Waals surface area contributed by atoms with Crippen LogP contribution in [0.3, 0.4) is 0 Å². The second-order valence-electron chi connectivity index (χ2n) is 7.34. The summed E-state index contributed by atoms with van der Waals surface area (Å²) in [5.74, 6) is 0.0573. The lowest BCUT2D eigenvalue weighted by molar-refractivity contribution is 0.0301. The molecule has 0 radical (unpaired) electrons. The van der Waals surface area contributed by atoms with Crippen LogP contribution in [0.2, 0.25) is 0 Å². The summed E-state index contributed by atoms with van der Waals surface area (Å²) in [6, 6.07) is 3.51. The first-order valence-corrected chi connectivity index (χ1v) is 11.1. The normalized spacial score (nSPS) is 20.9. The standard InChI is InChI=1S/C19H24N4O5S/c1-13-18(14(2)28-21-13)29(25,26)23-7-5-15(12-23)17-16(4-3-6-20-17)19(24)22-8-10-27-11-9-22/h3-4,6,15H,5,7-12H2,1-2H3/t15-/m1/s1. The van der Waals surface area contributed by atoms with E-state index < -0.39 is 10.0 Å². The fraction of sp³-hybridized carbons (Fsp3) is 0.526. The van der Waals surface area contributed by atoms with Gasteiger partial charge in [0.2, 0.25) is 10.0 Å². The van der Waals surface area contributed by atoms with Gasteiger partial charge in [-0.15, -0.1) is 0 Å². The Morgan fingerprint density at radius 2 is 1.97 bits per heavy atom. The Hall–Kier alpha value is -2.30. The number of pyridine rings is 1. The smallest absolute Gasteiger partial charge is 0.255 e. The Morgan fingerprint density at radius 1 is 1.21 bits per heavy atom. The van der Waals surface area contributed by atoms with E-state index in [0.717, 1.165) is 0 Å². The highest BCUT2D eigenvalue weighted by Crippen LogP contribution is 2.33. The van der Waals surface area contributed by atoms with Gasteiger partial charge in [-0.25, -0.2) is 8.42 Å². The van der Waals surface area contributed by atoms with Crippen LogP contribution >= 0.6 is 0 Å². The molecule has 0 spiro atoms. The predicted molar refractivity (Wildman–Crippen MR) is 103 cm³/mol. The monoisotopic (exact) mass is 420 g/mol. The summed E-state index contributed by atoms with van der Waals surface area (Å²) in [7, 11) is -3.71. The molecule has 1 amide bonds. The Balaban J connectivity index is 1.58. The van der Waals surface area contributed by atoms with Crippen molar-refractivity contribution in [3.8, 4) is 0 Å². The number of carbonyl (C=O) groups is 1. The number of rotatable bonds is 4. The maximum Gasteiger partial charge on any atom is 0.255 e. The molecular formula is C19H24N4O5S. The molecule has 0 bridgehead atoms. The topological polar surface area (TPSA) is 106 Å². The maximum absolute atomic E-state index is 13.1. The van der Waals surface area contributed by atoms with Crippen molar-refractivity contribution in [2.24, 2.45) is 0 Å². The van der Waals surface area contributed by atoms with Crippen molar-refractivity contribution in [1.29, 1.82) is 0 Å². The number of ether oxygens (including phenoxy) is 1. The quantitative estimate of drug-likeness (QED) is 0.735. The molecular weight excluding hydrogens is 396 g/mol. The zero-order chi connectivity index (χ0) is 20.6. The number of aromatic nitrogens is 2. The van der Waals surface area contributed by atoms with Crippen molar-refractivity contribution < 1.29 is 22.5 Å². The molecule has 0 N–H and O–H groups in total. The number of sulfonamides is 1. The van der Waals surface area contributed by atoms with E-state index in [-0.39, 0.29) is 29.0 Å². The van der Waals surface area contributed by atoms with Gasteiger partial charge in [-0.05, 0) is 32.4 Å². The number of aryl methyl sites for hydroxylation is 2. The summed E-state index contributed by atoms with van der Waals surface area (Å²) < 4.78 is 38.0. The third kappa shape index (κ3) is 3.67. The van der Waals surface area contributed by atoms with E-state index in [4.69, 9.17) is 9.26 Å². The first kappa shape index (κ1) is 20.0. The second-order valence-corrected chi connectivity index (χ2v) is 9.22. The average molecular weight is 420 g/mol. The summed E-state index contributed by atoms with van der Waals surface area (Å²) in [4.78, 5) is 19.4. The third-order valence-electron chi connectivity index (χ3n) is 5.47. The minimum Gasteiger partial charge on any atom is -0.378 e. The Bertz CT molecular complexity index is 994. The lowest BCUT2D eigenvalue weighted by Crippen LogP contribution is -2.41. The third-order valence-corrected chi connectivity index (χ3v) is 7.58. The van der Waals surface area contributed by atoms with Gasteiger partial charge in [0.1, 0.15) is 10.6 Å². The van der Waals surface area contributed by atoms with Gasteiger partial charge in [-0.1, -0.05) is 5.16 Å². The summed E-state index contributed by atoms with van der Waals surface area (Å²) in [6.45, 7) is 5.98. The van der Waals surface area contributed by atoms with Gasteiger partial charge in [0.05, 0.1) is 24.5 Å². The molecule has 2 aromatic heterocycles. The summed E-state index contributed by atoms with van der Waals surface area (Å²) in [5.41, 5.74) is 1.54. The Kier molecular flexibility index (Phi) is 5.41. The number of hydrogen-bond donors (Lipinski definition) is 0. The minimum atomic E-state index is -3.71. The molecule has 0 unspecified atom stereocenters. The fourth-order valence-corrected chi connectivity index (χ4v) is 5.79. The van der Waals surface area contributed by atoms with Crippen molar-refractivity contribution in [3.63, 3.8) is 0 Å². The lowest BCUT2D eigenvalue weighted by Gasteiger charge is -2.28. The van der Waals surface area contributed by atoms with E-state index in [1.807, 2.05) is 0 Å². The van der Waals surface area contributed by atoms with Crippen LogP contribution in [0.4, 0.5) is 0 Å². The second kappa shape index (κ2) is 7.85. The molecule has 10 heteroatoms. The van der Waals surface area contributed by atoms with E-state index in [1.54, 1.807) is 37.1 Å². The molecule has 9 nitrogen and oxygen atoms in total. The molecule has 0 saturated carbocycles. The first-order chi connectivity index (χ1) is 13.9. The van der Waals surface area contributed by atoms with Crippen molar-refractivity contribution in [1.82, 2.24) is 19.3 Å². The number of morpholine rings is 1. The van der Waals surface area contributed by atoms with Crippen molar-refractivity contribution in [2.75, 3.05) is 39.4 Å². The largest absolute Gasteiger partial charge is 0.378 e. The molecule has 2 aliphatic rings. The summed E-state index contributed by atoms with van der Waals surface area (Å²) >= 11 is 0. The summed E-state index contributed by atoms with van der Waals surface area (Å²) in [6.07, 6.45) is 2.25. The molecule has 2 aromatic rings. The van der Waals surface area contributed by atoms with E-state index in [0.29, 0.717) is 56.2 Å². The van der Waals surface area contributed by atoms with E-state index in [9.17, 15) is 13.2 Å². The molecule has 2 saturated heterocycles. The molecule has 156 valence electrons. The molecule has 4 heterocycles. The Morgan fingerprint density at radius 3 is 2.66 bits per heavy atom. The predicted octanol–water partition coefficient (Wildman–Crippen LogP) is 1.34. The van der Waals surface area contributed by atoms with Crippen LogP contribution in [0.5, 0.6) is 0 Å². The van der Waals surface area contributed by atoms with Crippen LogP contribution in [0.1, 0.15) is 39.8 Å². The van der Waals surface area contributed by atoms with Gasteiger partial charge < -0.3 is 14.2 Å². The molecule has 29 heavy (non-hydrogen) atoms. The SMILES string of the molecule is Cc1noc(C)c1S(=O)(=O)N1CC[C@@H](c2ncccc2C(=O)N2CCOCC2)C1. The van der Waals surface area contributed by atoms with Gasteiger partial charge in [-0.2, -0.15) is 4.31 Å². The fourth-order valence-electron chi connectivity index (χ4n) is 4.00. The Labute approximate surface area is 169 Å². The molecule has 1 atom stereocenters. The molecule has 2 fully saturated rings. The van der Waals surface area contributed by atoms with Crippen molar-refractivity contribution in [3.05, 3.63) is 41.0 Å². The van der Waals surface area contributed by atoms with E-state index >= 15 is 0 Å². The molecule has 0 aromatic carbocycles. The van der Waals surface area contributed by atoms with Crippen LogP contribution in [0.25, 0.3) is 0 Å². The van der Waals surface area contributed by atoms with Gasteiger partial charge in [0.15, 0.2) is 5.76 Å². The number of amides is 1. The zero-order valence-corrected chi connectivity index (χ0v) is 17.3. The first-order valence-electron chi connectivity index (χ1n) is 9.64. The number of carbonyl (C=O) groups excluding carboxylic acids is 1. The minimum absolute atomic E-state index is 0.0802. The zero-order valence-electron chi connectivity index (χ0n) is 16.5. The maximum atomic E-state index is 13.1. The number of hydrogen-bond acceptors (Lipinski definition) is 7. The van der Waals surface area contributed by atoms with Crippen LogP contribution < -0.4 is 0 Å². The highest BCUT2D eigenvalue weighted by molar-refractivity contribution is 7.89. The van der Waals surface area contributed by atoms with Gasteiger partial charge >= 0.3 is 0 Å².